The van der Waals surface area contributed by atoms with Crippen molar-refractivity contribution in [3.05, 3.63) is 52.6 Å². The molecule has 1 aromatic carbocycles. The fourth-order valence-corrected chi connectivity index (χ4v) is 4.24. The Morgan fingerprint density at radius 3 is 2.68 bits per heavy atom. The lowest BCUT2D eigenvalue weighted by atomic mass is 10.0. The number of halogens is 1. The number of hydrogen-bond acceptors (Lipinski definition) is 7. The number of esters is 2. The molecule has 0 saturated carbocycles. The predicted molar refractivity (Wildman–Crippen MR) is 128 cm³/mol. The number of fused-ring (bicyclic) bond motifs is 2. The third-order valence-corrected chi connectivity index (χ3v) is 6.27. The van der Waals surface area contributed by atoms with Crippen molar-refractivity contribution in [1.29, 1.82) is 0 Å². The normalized spacial score (nSPS) is 29.1. The smallest absolute Gasteiger partial charge is 0.310 e. The highest BCUT2D eigenvalue weighted by Crippen LogP contribution is 2.30. The van der Waals surface area contributed by atoms with E-state index in [0.717, 1.165) is 28.3 Å². The molecule has 3 rings (SSSR count). The number of rotatable bonds is 6. The van der Waals surface area contributed by atoms with Crippen LogP contribution >= 0.6 is 11.6 Å². The number of hydrogen-bond donors (Lipinski definition) is 0. The summed E-state index contributed by atoms with van der Waals surface area (Å²) in [5.74, 6) is -0.0974. The van der Waals surface area contributed by atoms with Gasteiger partial charge in [-0.2, -0.15) is 0 Å². The van der Waals surface area contributed by atoms with Crippen LogP contribution in [0.3, 0.4) is 0 Å². The van der Waals surface area contributed by atoms with Gasteiger partial charge < -0.3 is 23.7 Å². The van der Waals surface area contributed by atoms with Crippen LogP contribution in [0.25, 0.3) is 0 Å². The predicted octanol–water partition coefficient (Wildman–Crippen LogP) is 4.86. The summed E-state index contributed by atoms with van der Waals surface area (Å²) in [6.45, 7) is 3.85. The Kier molecular flexibility index (Phi) is 9.99. The molecule has 2 aliphatic rings. The summed E-state index contributed by atoms with van der Waals surface area (Å²) in [4.78, 5) is 24.3. The first-order valence-corrected chi connectivity index (χ1v) is 12.0. The topological polar surface area (TPSA) is 80.3 Å². The summed E-state index contributed by atoms with van der Waals surface area (Å²) in [7, 11) is 1.63. The van der Waals surface area contributed by atoms with Crippen LogP contribution in [0.5, 0.6) is 5.75 Å². The summed E-state index contributed by atoms with van der Waals surface area (Å²) in [6.07, 6.45) is 4.77. The molecule has 8 heteroatoms. The molecule has 34 heavy (non-hydrogen) atoms. The zero-order valence-electron chi connectivity index (χ0n) is 20.0. The van der Waals surface area contributed by atoms with Gasteiger partial charge in [-0.15, -0.1) is 0 Å². The van der Waals surface area contributed by atoms with Crippen LogP contribution in [0, 0.1) is 0 Å². The average molecular weight is 493 g/mol. The number of benzene rings is 1. The fourth-order valence-electron chi connectivity index (χ4n) is 4.04. The van der Waals surface area contributed by atoms with Gasteiger partial charge >= 0.3 is 11.9 Å². The number of allylic oxidation sites excluding steroid dienone is 3. The highest BCUT2D eigenvalue weighted by Gasteiger charge is 2.38. The summed E-state index contributed by atoms with van der Waals surface area (Å²) in [6, 6.07) is 7.64. The molecule has 2 aliphatic heterocycles. The molecule has 0 aromatic heterocycles. The molecular formula is C26H33ClO7. The van der Waals surface area contributed by atoms with Crippen LogP contribution in [-0.2, 0) is 35.1 Å². The summed E-state index contributed by atoms with van der Waals surface area (Å²) in [5, 5.41) is 0.751. The van der Waals surface area contributed by atoms with E-state index in [1.807, 2.05) is 43.3 Å². The zero-order chi connectivity index (χ0) is 24.5. The Morgan fingerprint density at radius 2 is 1.97 bits per heavy atom. The maximum absolute atomic E-state index is 12.7. The van der Waals surface area contributed by atoms with Gasteiger partial charge in [0.1, 0.15) is 24.1 Å². The van der Waals surface area contributed by atoms with Crippen molar-refractivity contribution in [2.75, 3.05) is 13.7 Å². The van der Waals surface area contributed by atoms with E-state index in [0.29, 0.717) is 25.9 Å². The molecule has 1 aromatic rings. The molecule has 7 nitrogen and oxygen atoms in total. The Hall–Kier alpha value is -2.35. The molecule has 186 valence electrons. The first-order valence-electron chi connectivity index (χ1n) is 11.6. The van der Waals surface area contributed by atoms with Crippen molar-refractivity contribution in [2.24, 2.45) is 0 Å². The molecule has 2 heterocycles. The van der Waals surface area contributed by atoms with Crippen LogP contribution in [-0.4, -0.2) is 50.1 Å². The first kappa shape index (κ1) is 26.3. The van der Waals surface area contributed by atoms with E-state index in [2.05, 4.69) is 0 Å². The second-order valence-electron chi connectivity index (χ2n) is 8.60. The fraction of sp³-hybridized carbons (Fsp3) is 0.538. The highest BCUT2D eigenvalue weighted by molar-refractivity contribution is 6.29. The van der Waals surface area contributed by atoms with Gasteiger partial charge in [-0.3, -0.25) is 9.59 Å². The van der Waals surface area contributed by atoms with Crippen molar-refractivity contribution in [3.8, 4) is 5.75 Å². The summed E-state index contributed by atoms with van der Waals surface area (Å²) in [5.41, 5.74) is 1.79. The van der Waals surface area contributed by atoms with E-state index in [9.17, 15) is 9.59 Å². The molecule has 0 unspecified atom stereocenters. The molecule has 0 N–H and O–H groups in total. The van der Waals surface area contributed by atoms with E-state index in [-0.39, 0.29) is 25.2 Å². The lowest BCUT2D eigenvalue weighted by Gasteiger charge is -2.21. The molecule has 2 bridgehead atoms. The lowest BCUT2D eigenvalue weighted by molar-refractivity contribution is -0.158. The minimum atomic E-state index is -0.678. The molecule has 0 aliphatic carbocycles. The van der Waals surface area contributed by atoms with Gasteiger partial charge in [0.2, 0.25) is 0 Å². The van der Waals surface area contributed by atoms with E-state index in [1.165, 1.54) is 6.92 Å². The third kappa shape index (κ3) is 8.15. The van der Waals surface area contributed by atoms with E-state index in [4.69, 9.17) is 35.3 Å². The quantitative estimate of drug-likeness (QED) is 0.414. The van der Waals surface area contributed by atoms with Crippen molar-refractivity contribution in [3.63, 3.8) is 0 Å². The molecule has 0 spiro atoms. The second-order valence-corrected chi connectivity index (χ2v) is 9.08. The van der Waals surface area contributed by atoms with Crippen molar-refractivity contribution >= 4 is 23.5 Å². The maximum Gasteiger partial charge on any atom is 0.310 e. The van der Waals surface area contributed by atoms with Crippen LogP contribution in [0.4, 0.5) is 0 Å². The number of ether oxygens (including phenoxy) is 5. The van der Waals surface area contributed by atoms with Crippen molar-refractivity contribution in [2.45, 2.75) is 77.0 Å². The van der Waals surface area contributed by atoms with Crippen molar-refractivity contribution in [1.82, 2.24) is 0 Å². The minimum Gasteiger partial charge on any atom is -0.497 e. The van der Waals surface area contributed by atoms with Gasteiger partial charge in [-0.05, 0) is 49.5 Å². The van der Waals surface area contributed by atoms with E-state index < -0.39 is 24.1 Å². The van der Waals surface area contributed by atoms with Crippen LogP contribution in [0.2, 0.25) is 0 Å². The molecule has 4 atom stereocenters. The Balaban J connectivity index is 1.66. The number of carbonyl (C=O) groups is 2. The van der Waals surface area contributed by atoms with Crippen LogP contribution in [0.15, 0.2) is 47.0 Å². The molecular weight excluding hydrogens is 460 g/mol. The van der Waals surface area contributed by atoms with E-state index in [1.54, 1.807) is 7.11 Å². The number of carbonyl (C=O) groups excluding carboxylic acids is 2. The van der Waals surface area contributed by atoms with Gasteiger partial charge in [0.25, 0.3) is 0 Å². The van der Waals surface area contributed by atoms with Gasteiger partial charge in [-0.25, -0.2) is 0 Å². The molecule has 0 amide bonds. The minimum absolute atomic E-state index is 0.0556. The van der Waals surface area contributed by atoms with E-state index >= 15 is 0 Å². The van der Waals surface area contributed by atoms with Gasteiger partial charge in [0, 0.05) is 18.4 Å². The summed E-state index contributed by atoms with van der Waals surface area (Å²) >= 11 is 6.40. The second kappa shape index (κ2) is 12.9. The third-order valence-electron chi connectivity index (χ3n) is 5.92. The number of methoxy groups -OCH3 is 1. The monoisotopic (exact) mass is 492 g/mol. The summed E-state index contributed by atoms with van der Waals surface area (Å²) < 4.78 is 28.4. The van der Waals surface area contributed by atoms with Gasteiger partial charge in [0.05, 0.1) is 32.8 Å². The highest BCUT2D eigenvalue weighted by atomic mass is 35.5. The zero-order valence-corrected chi connectivity index (χ0v) is 20.7. The molecule has 1 saturated heterocycles. The average Bonchev–Trinajstić information content (AvgIpc) is 3.18. The maximum atomic E-state index is 12.7. The van der Waals surface area contributed by atoms with Crippen LogP contribution < -0.4 is 4.74 Å². The lowest BCUT2D eigenvalue weighted by Crippen LogP contribution is -2.33. The van der Waals surface area contributed by atoms with Gasteiger partial charge in [-0.1, -0.05) is 35.9 Å². The molecule has 1 fully saturated rings. The first-order chi connectivity index (χ1) is 16.3. The SMILES string of the molecule is COc1ccc(COC[C@H]2O[C@@H]3CC/C(Cl)=C/C/C=C(/C)[C@H](OC(C)=O)CC(=O)O[C@@H]2C3)cc1. The Bertz CT molecular complexity index is 893. The van der Waals surface area contributed by atoms with Crippen LogP contribution in [0.1, 0.15) is 51.5 Å². The standard InChI is InChI=1S/C26H33ClO7/c1-17-5-4-6-20(27)9-12-22-13-24(34-26(29)14-23(17)32-18(2)28)25(33-22)16-31-15-19-7-10-21(30-3)11-8-19/h5-8,10-11,22-25H,4,9,12-16H2,1-3H3/b17-5-,20-6-/t22-,23-,24-,25-/m1/s1. The molecule has 0 radical (unpaired) electrons. The Labute approximate surface area is 206 Å². The largest absolute Gasteiger partial charge is 0.497 e. The van der Waals surface area contributed by atoms with Gasteiger partial charge in [0.15, 0.2) is 0 Å². The Morgan fingerprint density at radius 1 is 1.21 bits per heavy atom. The van der Waals surface area contributed by atoms with Crippen molar-refractivity contribution < 1.29 is 33.3 Å².